The third-order valence-electron chi connectivity index (χ3n) is 1.46. The van der Waals surface area contributed by atoms with Crippen LogP contribution in [0.5, 0.6) is 0 Å². The highest BCUT2D eigenvalue weighted by Crippen LogP contribution is 2.10. The Balaban J connectivity index is 3.76. The molecule has 0 bridgehead atoms. The maximum atomic E-state index is 11.0. The van der Waals surface area contributed by atoms with Gasteiger partial charge in [-0.15, -0.1) is 11.8 Å². The van der Waals surface area contributed by atoms with E-state index in [0.29, 0.717) is 0 Å². The lowest BCUT2D eigenvalue weighted by atomic mass is 10.4. The van der Waals surface area contributed by atoms with Gasteiger partial charge in [0, 0.05) is 12.8 Å². The van der Waals surface area contributed by atoms with Crippen LogP contribution in [0.3, 0.4) is 0 Å². The van der Waals surface area contributed by atoms with Crippen molar-refractivity contribution in [3.05, 3.63) is 0 Å². The second kappa shape index (κ2) is 5.82. The molecule has 2 atom stereocenters. The van der Waals surface area contributed by atoms with Crippen LogP contribution in [0.4, 0.5) is 0 Å². The molecule has 0 saturated heterocycles. The Morgan fingerprint density at radius 2 is 2.15 bits per heavy atom. The number of amides is 1. The Morgan fingerprint density at radius 1 is 1.62 bits per heavy atom. The number of nitrogens with one attached hydrogen (secondary N) is 1. The van der Waals surface area contributed by atoms with E-state index in [1.165, 1.54) is 18.8 Å². The second-order valence-electron chi connectivity index (χ2n) is 2.53. The number of carbonyl (C=O) groups is 2. The van der Waals surface area contributed by atoms with E-state index in [2.05, 4.69) is 5.32 Å². The molecule has 2 unspecified atom stereocenters. The largest absolute Gasteiger partial charge is 0.480 e. The summed E-state index contributed by atoms with van der Waals surface area (Å²) in [4.78, 5) is 21.3. The maximum absolute atomic E-state index is 11.0. The van der Waals surface area contributed by atoms with Crippen molar-refractivity contribution >= 4 is 23.6 Å². The van der Waals surface area contributed by atoms with Gasteiger partial charge in [0.25, 0.3) is 0 Å². The molecule has 0 aliphatic heterocycles. The lowest BCUT2D eigenvalue weighted by Crippen LogP contribution is -2.35. The van der Waals surface area contributed by atoms with Crippen LogP contribution >= 0.6 is 11.8 Å². The molecule has 0 fully saturated rings. The Bertz CT molecular complexity index is 198. The minimum atomic E-state index is -1.04. The van der Waals surface area contributed by atoms with E-state index in [1.54, 1.807) is 6.92 Å². The zero-order valence-electron chi connectivity index (χ0n) is 7.61. The van der Waals surface area contributed by atoms with Crippen molar-refractivity contribution in [2.24, 2.45) is 5.73 Å². The van der Waals surface area contributed by atoms with Crippen LogP contribution in [-0.2, 0) is 9.59 Å². The van der Waals surface area contributed by atoms with Gasteiger partial charge >= 0.3 is 5.97 Å². The van der Waals surface area contributed by atoms with Gasteiger partial charge in [-0.1, -0.05) is 0 Å². The third kappa shape index (κ3) is 4.74. The first-order chi connectivity index (χ1) is 5.99. The number of rotatable bonds is 5. The van der Waals surface area contributed by atoms with Crippen LogP contribution in [0.1, 0.15) is 6.92 Å². The van der Waals surface area contributed by atoms with E-state index in [4.69, 9.17) is 10.8 Å². The van der Waals surface area contributed by atoms with Crippen molar-refractivity contribution in [3.8, 4) is 0 Å². The molecule has 0 aromatic rings. The fourth-order valence-corrected chi connectivity index (χ4v) is 1.51. The van der Waals surface area contributed by atoms with Crippen molar-refractivity contribution in [2.75, 3.05) is 12.8 Å². The SMILES string of the molecule is CNC(=O)C(C)SCC(N)C(=O)O. The molecule has 1 amide bonds. The molecule has 0 rings (SSSR count). The van der Waals surface area contributed by atoms with Gasteiger partial charge in [0.15, 0.2) is 0 Å². The van der Waals surface area contributed by atoms with Crippen molar-refractivity contribution in [3.63, 3.8) is 0 Å². The lowest BCUT2D eigenvalue weighted by molar-refractivity contribution is -0.138. The highest BCUT2D eigenvalue weighted by molar-refractivity contribution is 8.00. The zero-order valence-corrected chi connectivity index (χ0v) is 8.43. The highest BCUT2D eigenvalue weighted by atomic mass is 32.2. The molecule has 0 saturated carbocycles. The summed E-state index contributed by atoms with van der Waals surface area (Å²) in [6.07, 6.45) is 0. The minimum Gasteiger partial charge on any atom is -0.480 e. The van der Waals surface area contributed by atoms with Crippen LogP contribution in [0.2, 0.25) is 0 Å². The third-order valence-corrected chi connectivity index (χ3v) is 2.72. The fraction of sp³-hybridized carbons (Fsp3) is 0.714. The van der Waals surface area contributed by atoms with E-state index in [9.17, 15) is 9.59 Å². The van der Waals surface area contributed by atoms with Crippen molar-refractivity contribution in [1.82, 2.24) is 5.32 Å². The number of nitrogens with two attached hydrogens (primary N) is 1. The molecule has 0 aromatic heterocycles. The van der Waals surface area contributed by atoms with Crippen LogP contribution < -0.4 is 11.1 Å². The Kier molecular flexibility index (Phi) is 5.48. The Hall–Kier alpha value is -0.750. The first-order valence-electron chi connectivity index (χ1n) is 3.80. The van der Waals surface area contributed by atoms with Crippen LogP contribution in [0.15, 0.2) is 0 Å². The fourth-order valence-electron chi connectivity index (χ4n) is 0.598. The van der Waals surface area contributed by atoms with Gasteiger partial charge in [-0.2, -0.15) is 0 Å². The van der Waals surface area contributed by atoms with Gasteiger partial charge in [0.1, 0.15) is 6.04 Å². The highest BCUT2D eigenvalue weighted by Gasteiger charge is 2.16. The molecule has 0 heterocycles. The molecule has 0 radical (unpaired) electrons. The smallest absolute Gasteiger partial charge is 0.321 e. The topological polar surface area (TPSA) is 92.4 Å². The summed E-state index contributed by atoms with van der Waals surface area (Å²) in [5, 5.41) is 10.7. The monoisotopic (exact) mass is 206 g/mol. The molecule has 5 nitrogen and oxygen atoms in total. The zero-order chi connectivity index (χ0) is 10.4. The molecule has 13 heavy (non-hydrogen) atoms. The number of thioether (sulfide) groups is 1. The van der Waals surface area contributed by atoms with Crippen molar-refractivity contribution in [1.29, 1.82) is 0 Å². The maximum Gasteiger partial charge on any atom is 0.321 e. The number of carboxylic acid groups (broad SMARTS) is 1. The van der Waals surface area contributed by atoms with E-state index in [-0.39, 0.29) is 16.9 Å². The minimum absolute atomic E-state index is 0.123. The van der Waals surface area contributed by atoms with Crippen molar-refractivity contribution < 1.29 is 14.7 Å². The predicted molar refractivity (Wildman–Crippen MR) is 51.6 cm³/mol. The summed E-state index contributed by atoms with van der Waals surface area (Å²) < 4.78 is 0. The van der Waals surface area contributed by atoms with Gasteiger partial charge in [-0.05, 0) is 6.92 Å². The van der Waals surface area contributed by atoms with Gasteiger partial charge in [-0.25, -0.2) is 0 Å². The van der Waals surface area contributed by atoms with Gasteiger partial charge in [0.2, 0.25) is 5.91 Å². The number of carbonyl (C=O) groups excluding carboxylic acids is 1. The Labute approximate surface area is 81.1 Å². The molecule has 0 aliphatic rings. The first kappa shape index (κ1) is 12.2. The number of aliphatic carboxylic acids is 1. The molecule has 0 spiro atoms. The molecule has 76 valence electrons. The van der Waals surface area contributed by atoms with E-state index < -0.39 is 12.0 Å². The summed E-state index contributed by atoms with van der Waals surface area (Å²) in [6, 6.07) is -0.905. The molecule has 0 aromatic carbocycles. The number of hydrogen-bond donors (Lipinski definition) is 3. The summed E-state index contributed by atoms with van der Waals surface area (Å²) >= 11 is 1.23. The normalized spacial score (nSPS) is 14.7. The Morgan fingerprint density at radius 3 is 2.54 bits per heavy atom. The standard InChI is InChI=1S/C7H14N2O3S/c1-4(6(10)9-2)13-3-5(8)7(11)12/h4-5H,3,8H2,1-2H3,(H,9,10)(H,11,12). The van der Waals surface area contributed by atoms with Gasteiger partial charge < -0.3 is 16.2 Å². The second-order valence-corrected chi connectivity index (χ2v) is 3.91. The van der Waals surface area contributed by atoms with E-state index in [1.807, 2.05) is 0 Å². The van der Waals surface area contributed by atoms with Gasteiger partial charge in [-0.3, -0.25) is 9.59 Å². The molecule has 6 heteroatoms. The average Bonchev–Trinajstić information content (AvgIpc) is 2.11. The molecular weight excluding hydrogens is 192 g/mol. The van der Waals surface area contributed by atoms with Crippen LogP contribution in [-0.4, -0.2) is 41.1 Å². The van der Waals surface area contributed by atoms with Crippen molar-refractivity contribution in [2.45, 2.75) is 18.2 Å². The molecule has 4 N–H and O–H groups in total. The first-order valence-corrected chi connectivity index (χ1v) is 4.85. The summed E-state index contributed by atoms with van der Waals surface area (Å²) in [6.45, 7) is 1.71. The van der Waals surface area contributed by atoms with Crippen LogP contribution in [0.25, 0.3) is 0 Å². The quantitative estimate of drug-likeness (QED) is 0.551. The lowest BCUT2D eigenvalue weighted by Gasteiger charge is -2.11. The number of carboxylic acids is 1. The van der Waals surface area contributed by atoms with E-state index >= 15 is 0 Å². The summed E-state index contributed by atoms with van der Waals surface area (Å²) in [5.74, 6) is -0.927. The molecular formula is C7H14N2O3S. The van der Waals surface area contributed by atoms with E-state index in [0.717, 1.165) is 0 Å². The molecule has 0 aliphatic carbocycles. The predicted octanol–water partition coefficient (Wildman–Crippen LogP) is -0.734. The summed E-state index contributed by atoms with van der Waals surface area (Å²) in [5.41, 5.74) is 5.25. The van der Waals surface area contributed by atoms with Crippen LogP contribution in [0, 0.1) is 0 Å². The van der Waals surface area contributed by atoms with Gasteiger partial charge in [0.05, 0.1) is 5.25 Å². The number of hydrogen-bond acceptors (Lipinski definition) is 4. The summed E-state index contributed by atoms with van der Waals surface area (Å²) in [7, 11) is 1.54. The average molecular weight is 206 g/mol.